The number of aromatic hydroxyl groups is 1. The van der Waals surface area contributed by atoms with E-state index in [2.05, 4.69) is 15.6 Å². The summed E-state index contributed by atoms with van der Waals surface area (Å²) in [6.07, 6.45) is 0. The lowest BCUT2D eigenvalue weighted by Gasteiger charge is -2.32. The van der Waals surface area contributed by atoms with Crippen LogP contribution in [0.2, 0.25) is 0 Å². The normalized spacial score (nSPS) is 16.4. The Labute approximate surface area is 121 Å². The van der Waals surface area contributed by atoms with Crippen LogP contribution in [0.1, 0.15) is 10.4 Å². The van der Waals surface area contributed by atoms with Gasteiger partial charge in [-0.2, -0.15) is 0 Å². The van der Waals surface area contributed by atoms with Crippen LogP contribution in [0.25, 0.3) is 0 Å². The zero-order chi connectivity index (χ0) is 15.4. The molecule has 0 bridgehead atoms. The molecule has 1 aromatic carbocycles. The standard InChI is InChI=1S/C13H18N4O4/c1-16-4-6-17(7-5-16)15-13(21)14-9-2-3-11(18)10(8-9)12(19)20/h2-3,8,18H,4-7H2,1H3,(H,19,20)(H2,14,15,21). The van der Waals surface area contributed by atoms with E-state index in [4.69, 9.17) is 5.11 Å². The number of amides is 2. The number of aromatic carboxylic acids is 1. The van der Waals surface area contributed by atoms with Crippen LogP contribution in [0, 0.1) is 0 Å². The first-order chi connectivity index (χ1) is 9.95. The van der Waals surface area contributed by atoms with Crippen molar-refractivity contribution in [3.8, 4) is 5.75 Å². The molecule has 0 atom stereocenters. The van der Waals surface area contributed by atoms with Crippen LogP contribution >= 0.6 is 0 Å². The van der Waals surface area contributed by atoms with Crippen molar-refractivity contribution >= 4 is 17.7 Å². The topological polar surface area (TPSA) is 105 Å². The highest BCUT2D eigenvalue weighted by Crippen LogP contribution is 2.21. The van der Waals surface area contributed by atoms with Crippen molar-refractivity contribution in [1.29, 1.82) is 0 Å². The number of carbonyl (C=O) groups excluding carboxylic acids is 1. The number of hydrogen-bond acceptors (Lipinski definition) is 5. The average Bonchev–Trinajstić information content (AvgIpc) is 2.43. The summed E-state index contributed by atoms with van der Waals surface area (Å²) in [7, 11) is 2.02. The highest BCUT2D eigenvalue weighted by molar-refractivity contribution is 5.94. The van der Waals surface area contributed by atoms with Crippen molar-refractivity contribution in [2.75, 3.05) is 38.5 Å². The van der Waals surface area contributed by atoms with Crippen molar-refractivity contribution in [3.63, 3.8) is 0 Å². The Morgan fingerprint density at radius 2 is 1.86 bits per heavy atom. The maximum absolute atomic E-state index is 11.8. The zero-order valence-corrected chi connectivity index (χ0v) is 11.7. The first kappa shape index (κ1) is 15.1. The SMILES string of the molecule is CN1CCN(NC(=O)Nc2ccc(O)c(C(=O)O)c2)CC1. The molecule has 0 saturated carbocycles. The molecule has 0 aliphatic carbocycles. The quantitative estimate of drug-likeness (QED) is 0.601. The summed E-state index contributed by atoms with van der Waals surface area (Å²) >= 11 is 0. The molecular weight excluding hydrogens is 276 g/mol. The van der Waals surface area contributed by atoms with Gasteiger partial charge in [0, 0.05) is 31.9 Å². The zero-order valence-electron chi connectivity index (χ0n) is 11.7. The third-order valence-electron chi connectivity index (χ3n) is 3.25. The molecule has 0 spiro atoms. The van der Waals surface area contributed by atoms with Gasteiger partial charge in [-0.3, -0.25) is 5.43 Å². The molecule has 8 heteroatoms. The van der Waals surface area contributed by atoms with E-state index in [0.29, 0.717) is 5.69 Å². The van der Waals surface area contributed by atoms with Gasteiger partial charge in [-0.05, 0) is 25.2 Å². The first-order valence-electron chi connectivity index (χ1n) is 6.53. The molecule has 1 heterocycles. The van der Waals surface area contributed by atoms with E-state index in [9.17, 15) is 14.7 Å². The Morgan fingerprint density at radius 1 is 1.19 bits per heavy atom. The van der Waals surface area contributed by atoms with Crippen molar-refractivity contribution in [2.24, 2.45) is 0 Å². The second-order valence-electron chi connectivity index (χ2n) is 4.89. The summed E-state index contributed by atoms with van der Waals surface area (Å²) in [4.78, 5) is 24.9. The fourth-order valence-corrected chi connectivity index (χ4v) is 2.01. The number of likely N-dealkylation sites (N-methyl/N-ethyl adjacent to an activating group) is 1. The third-order valence-corrected chi connectivity index (χ3v) is 3.25. The first-order valence-corrected chi connectivity index (χ1v) is 6.53. The number of carbonyl (C=O) groups is 2. The third kappa shape index (κ3) is 4.07. The maximum Gasteiger partial charge on any atom is 0.339 e. The number of urea groups is 1. The molecule has 0 radical (unpaired) electrons. The summed E-state index contributed by atoms with van der Waals surface area (Å²) in [6.45, 7) is 3.17. The predicted octanol–water partition coefficient (Wildman–Crippen LogP) is 0.374. The monoisotopic (exact) mass is 294 g/mol. The lowest BCUT2D eigenvalue weighted by Crippen LogP contribution is -2.53. The van der Waals surface area contributed by atoms with Crippen LogP contribution in [0.4, 0.5) is 10.5 Å². The number of hydrazine groups is 1. The number of nitrogens with one attached hydrogen (secondary N) is 2. The Morgan fingerprint density at radius 3 is 2.48 bits per heavy atom. The van der Waals surface area contributed by atoms with Crippen LogP contribution in [-0.2, 0) is 0 Å². The summed E-state index contributed by atoms with van der Waals surface area (Å²) in [5.41, 5.74) is 2.74. The minimum Gasteiger partial charge on any atom is -0.507 e. The molecule has 0 aromatic heterocycles. The summed E-state index contributed by atoms with van der Waals surface area (Å²) in [6, 6.07) is 3.43. The number of rotatable bonds is 3. The lowest BCUT2D eigenvalue weighted by atomic mass is 10.2. The van der Waals surface area contributed by atoms with Crippen molar-refractivity contribution in [2.45, 2.75) is 0 Å². The molecule has 1 aromatic rings. The fraction of sp³-hybridized carbons (Fsp3) is 0.385. The second kappa shape index (κ2) is 6.42. The molecule has 114 valence electrons. The molecule has 8 nitrogen and oxygen atoms in total. The minimum atomic E-state index is -1.25. The lowest BCUT2D eigenvalue weighted by molar-refractivity contribution is 0.0693. The molecular formula is C13H18N4O4. The van der Waals surface area contributed by atoms with Gasteiger partial charge in [0.1, 0.15) is 11.3 Å². The number of phenols is 1. The second-order valence-corrected chi connectivity index (χ2v) is 4.89. The van der Waals surface area contributed by atoms with E-state index in [-0.39, 0.29) is 11.3 Å². The number of carboxylic acids is 1. The van der Waals surface area contributed by atoms with Crippen LogP contribution < -0.4 is 10.7 Å². The maximum atomic E-state index is 11.8. The van der Waals surface area contributed by atoms with Gasteiger partial charge >= 0.3 is 12.0 Å². The highest BCUT2D eigenvalue weighted by Gasteiger charge is 2.16. The van der Waals surface area contributed by atoms with E-state index < -0.39 is 12.0 Å². The van der Waals surface area contributed by atoms with Crippen molar-refractivity contribution in [1.82, 2.24) is 15.3 Å². The van der Waals surface area contributed by atoms with Crippen molar-refractivity contribution < 1.29 is 19.8 Å². The molecule has 21 heavy (non-hydrogen) atoms. The van der Waals surface area contributed by atoms with Gasteiger partial charge in [-0.25, -0.2) is 14.6 Å². The minimum absolute atomic E-state index is 0.257. The summed E-state index contributed by atoms with van der Waals surface area (Å²) < 4.78 is 0. The Kier molecular flexibility index (Phi) is 4.61. The van der Waals surface area contributed by atoms with E-state index in [1.54, 1.807) is 5.01 Å². The molecule has 1 aliphatic heterocycles. The summed E-state index contributed by atoms with van der Waals surface area (Å²) in [5.74, 6) is -1.59. The molecule has 4 N–H and O–H groups in total. The van der Waals surface area contributed by atoms with Crippen LogP contribution in [0.5, 0.6) is 5.75 Å². The van der Waals surface area contributed by atoms with Crippen LogP contribution in [0.3, 0.4) is 0 Å². The molecule has 1 aliphatic rings. The van der Waals surface area contributed by atoms with Gasteiger partial charge in [0.25, 0.3) is 0 Å². The van der Waals surface area contributed by atoms with E-state index in [0.717, 1.165) is 26.2 Å². The van der Waals surface area contributed by atoms with Crippen LogP contribution in [-0.4, -0.2) is 65.3 Å². The Bertz CT molecular complexity index is 541. The summed E-state index contributed by atoms with van der Waals surface area (Å²) in [5, 5.41) is 22.7. The van der Waals surface area contributed by atoms with E-state index in [1.165, 1.54) is 18.2 Å². The number of anilines is 1. The van der Waals surface area contributed by atoms with Gasteiger partial charge in [0.2, 0.25) is 0 Å². The van der Waals surface area contributed by atoms with E-state index in [1.807, 2.05) is 7.05 Å². The molecule has 2 amide bonds. The molecule has 0 unspecified atom stereocenters. The number of piperazine rings is 1. The predicted molar refractivity (Wildman–Crippen MR) is 76.3 cm³/mol. The number of carboxylic acid groups (broad SMARTS) is 1. The van der Waals surface area contributed by atoms with Gasteiger partial charge in [0.05, 0.1) is 0 Å². The van der Waals surface area contributed by atoms with Gasteiger partial charge in [0.15, 0.2) is 0 Å². The van der Waals surface area contributed by atoms with Crippen LogP contribution in [0.15, 0.2) is 18.2 Å². The fourth-order valence-electron chi connectivity index (χ4n) is 2.01. The smallest absolute Gasteiger partial charge is 0.339 e. The largest absolute Gasteiger partial charge is 0.507 e. The van der Waals surface area contributed by atoms with E-state index >= 15 is 0 Å². The Balaban J connectivity index is 1.93. The van der Waals surface area contributed by atoms with Gasteiger partial charge in [-0.1, -0.05) is 0 Å². The Hall–Kier alpha value is -2.32. The van der Waals surface area contributed by atoms with Crippen molar-refractivity contribution in [3.05, 3.63) is 23.8 Å². The number of benzene rings is 1. The molecule has 1 fully saturated rings. The highest BCUT2D eigenvalue weighted by atomic mass is 16.4. The molecule has 1 saturated heterocycles. The molecule has 2 rings (SSSR count). The number of hydrogen-bond donors (Lipinski definition) is 4. The van der Waals surface area contributed by atoms with Gasteiger partial charge in [-0.15, -0.1) is 0 Å². The number of nitrogens with zero attached hydrogens (tertiary/aromatic N) is 2. The average molecular weight is 294 g/mol. The van der Waals surface area contributed by atoms with Gasteiger partial charge < -0.3 is 20.4 Å².